The molecule has 13 heteroatoms. The summed E-state index contributed by atoms with van der Waals surface area (Å²) in [6.45, 7) is 0. The third kappa shape index (κ3) is 7.38. The Morgan fingerprint density at radius 2 is 1.55 bits per heavy atom. The van der Waals surface area contributed by atoms with Crippen molar-refractivity contribution in [2.75, 3.05) is 0 Å². The van der Waals surface area contributed by atoms with Gasteiger partial charge in [0, 0.05) is 40.7 Å². The van der Waals surface area contributed by atoms with E-state index in [0.717, 1.165) is 12.1 Å². The summed E-state index contributed by atoms with van der Waals surface area (Å²) >= 11 is 5.91. The minimum Gasteiger partial charge on any atom is -0.780 e. The molecule has 0 atom stereocenters. The van der Waals surface area contributed by atoms with Crippen molar-refractivity contribution in [1.82, 2.24) is 4.98 Å². The molecular weight excluding hydrogens is 559 g/mol. The predicted molar refractivity (Wildman–Crippen MR) is 139 cm³/mol. The third-order valence-corrected chi connectivity index (χ3v) is 5.66. The molecule has 4 heterocycles. The number of benzene rings is 2. The number of hydrogen-bond donors (Lipinski definition) is 0. The molecule has 0 saturated heterocycles. The van der Waals surface area contributed by atoms with Gasteiger partial charge in [0.05, 0.1) is 5.56 Å². The average Bonchev–Trinajstić information content (AvgIpc) is 3.36. The molecule has 0 aliphatic carbocycles. The monoisotopic (exact) mass is 576 g/mol. The van der Waals surface area contributed by atoms with Crippen molar-refractivity contribution in [3.8, 4) is 23.3 Å². The van der Waals surface area contributed by atoms with E-state index in [-0.39, 0.29) is 33.7 Å². The first-order valence-corrected chi connectivity index (χ1v) is 13.2. The number of nitriles is 1. The van der Waals surface area contributed by atoms with Gasteiger partial charge in [0.2, 0.25) is 5.89 Å². The number of halogens is 1. The molecule has 0 aliphatic heterocycles. The second-order valence-corrected chi connectivity index (χ2v) is 9.25. The molecule has 11 nitrogen and oxygen atoms in total. The molecule has 0 saturated carbocycles. The van der Waals surface area contributed by atoms with Gasteiger partial charge in [-0.25, -0.2) is 19.7 Å². The number of nitrogens with zero attached hydrogens (tertiary/aromatic N) is 2. The summed E-state index contributed by atoms with van der Waals surface area (Å²) < 4.78 is 25.7. The first-order chi connectivity index (χ1) is 19.2. The fourth-order valence-electron chi connectivity index (χ4n) is 3.37. The molecule has 0 spiro atoms. The summed E-state index contributed by atoms with van der Waals surface area (Å²) in [6.07, 6.45) is 7.50. The molecule has 0 bridgehead atoms. The highest BCUT2D eigenvalue weighted by Gasteiger charge is 2.22. The molecule has 2 aromatic carbocycles. The van der Waals surface area contributed by atoms with Crippen molar-refractivity contribution in [3.05, 3.63) is 119 Å². The SMILES string of the molecule is N#Cc1c(-c2nc3cc(Cl)ccc3o2)c(=O)oc2cc(OP(=O)([O-])[O-])ccc12.c1cc[nH+]cc1.c1cc[nH+]cc1. The van der Waals surface area contributed by atoms with Crippen LogP contribution in [0.3, 0.4) is 0 Å². The number of H-pyrrole nitrogens is 2. The number of phosphoric acid groups is 1. The number of rotatable bonds is 3. The third-order valence-electron chi connectivity index (χ3n) is 4.99. The van der Waals surface area contributed by atoms with Crippen LogP contribution in [0, 0.1) is 11.3 Å². The molecular formula is C27H18ClN4O7P. The molecule has 2 N–H and O–H groups in total. The maximum absolute atomic E-state index is 12.5. The van der Waals surface area contributed by atoms with E-state index < -0.39 is 13.4 Å². The number of oxazole rings is 1. The van der Waals surface area contributed by atoms with Gasteiger partial charge in [0.15, 0.2) is 30.4 Å². The molecule has 40 heavy (non-hydrogen) atoms. The molecule has 6 rings (SSSR count). The van der Waals surface area contributed by atoms with E-state index >= 15 is 0 Å². The van der Waals surface area contributed by atoms with Crippen LogP contribution in [0.5, 0.6) is 5.75 Å². The number of pyridine rings is 2. The van der Waals surface area contributed by atoms with Crippen LogP contribution >= 0.6 is 19.4 Å². The van der Waals surface area contributed by atoms with Crippen molar-refractivity contribution >= 4 is 41.5 Å². The van der Waals surface area contributed by atoms with Crippen molar-refractivity contribution in [2.24, 2.45) is 0 Å². The fourth-order valence-corrected chi connectivity index (χ4v) is 3.91. The smallest absolute Gasteiger partial charge is 0.350 e. The van der Waals surface area contributed by atoms with E-state index in [4.69, 9.17) is 20.4 Å². The van der Waals surface area contributed by atoms with Gasteiger partial charge in [-0.1, -0.05) is 23.7 Å². The highest BCUT2D eigenvalue weighted by molar-refractivity contribution is 7.43. The summed E-state index contributed by atoms with van der Waals surface area (Å²) in [5.41, 5.74) is -0.636. The van der Waals surface area contributed by atoms with Crippen molar-refractivity contribution in [1.29, 1.82) is 5.26 Å². The van der Waals surface area contributed by atoms with Crippen molar-refractivity contribution in [2.45, 2.75) is 0 Å². The molecule has 6 aromatic rings. The van der Waals surface area contributed by atoms with Crippen LogP contribution in [0.1, 0.15) is 5.56 Å². The maximum atomic E-state index is 12.5. The summed E-state index contributed by atoms with van der Waals surface area (Å²) in [6, 6.07) is 21.8. The standard InChI is InChI=1S/C17H8ClN2O7P.2C5H5N/c18-8-1-4-13-12(5-8)20-16(25-13)15-11(7-19)10-3-2-9(27-28(22,23)24)6-14(10)26-17(15)21;2*1-2-4-6-5-3-1/h1-6H,(H2,22,23,24);2*1-5H. The van der Waals surface area contributed by atoms with E-state index in [1.54, 1.807) is 12.1 Å². The zero-order chi connectivity index (χ0) is 28.5. The topological polar surface area (TPSA) is 181 Å². The lowest BCUT2D eigenvalue weighted by molar-refractivity contribution is -0.378. The van der Waals surface area contributed by atoms with Crippen molar-refractivity contribution in [3.63, 3.8) is 0 Å². The number of nitrogens with one attached hydrogen (secondary N) is 2. The Bertz CT molecular complexity index is 1800. The van der Waals surface area contributed by atoms with Crippen molar-refractivity contribution < 1.29 is 37.7 Å². The summed E-state index contributed by atoms with van der Waals surface area (Å²) in [5, 5.41) is 10.2. The van der Waals surface area contributed by atoms with Crippen LogP contribution in [0.15, 0.2) is 111 Å². The van der Waals surface area contributed by atoms with E-state index in [2.05, 4.69) is 19.5 Å². The lowest BCUT2D eigenvalue weighted by Gasteiger charge is -2.28. The lowest BCUT2D eigenvalue weighted by atomic mass is 10.1. The van der Waals surface area contributed by atoms with Gasteiger partial charge in [-0.05, 0) is 30.3 Å². The molecule has 0 aliphatic rings. The highest BCUT2D eigenvalue weighted by atomic mass is 35.5. The Kier molecular flexibility index (Phi) is 9.01. The highest BCUT2D eigenvalue weighted by Crippen LogP contribution is 2.34. The fraction of sp³-hybridized carbons (Fsp3) is 0. The van der Waals surface area contributed by atoms with E-state index in [1.807, 2.05) is 67.3 Å². The predicted octanol–water partition coefficient (Wildman–Crippen LogP) is 3.34. The van der Waals surface area contributed by atoms with Gasteiger partial charge < -0.3 is 27.7 Å². The van der Waals surface area contributed by atoms with Crippen LogP contribution in [-0.4, -0.2) is 4.98 Å². The maximum Gasteiger partial charge on any atom is 0.350 e. The van der Waals surface area contributed by atoms with Gasteiger partial charge in [-0.2, -0.15) is 5.26 Å². The van der Waals surface area contributed by atoms with Gasteiger partial charge in [-0.15, -0.1) is 0 Å². The Morgan fingerprint density at radius 1 is 0.900 bits per heavy atom. The van der Waals surface area contributed by atoms with E-state index in [1.165, 1.54) is 12.1 Å². The summed E-state index contributed by atoms with van der Waals surface area (Å²) in [4.78, 5) is 44.0. The molecule has 0 amide bonds. The minimum atomic E-state index is -5.30. The first-order valence-electron chi connectivity index (χ1n) is 11.4. The average molecular weight is 577 g/mol. The number of aromatic nitrogens is 3. The van der Waals surface area contributed by atoms with E-state index in [0.29, 0.717) is 16.1 Å². The van der Waals surface area contributed by atoms with Crippen LogP contribution in [-0.2, 0) is 4.57 Å². The second kappa shape index (κ2) is 12.8. The van der Waals surface area contributed by atoms with Crippen LogP contribution < -0.4 is 29.9 Å². The van der Waals surface area contributed by atoms with Crippen LogP contribution in [0.25, 0.3) is 33.5 Å². The zero-order valence-corrected chi connectivity index (χ0v) is 22.0. The largest absolute Gasteiger partial charge is 0.780 e. The van der Waals surface area contributed by atoms with Gasteiger partial charge in [0.25, 0.3) is 0 Å². The van der Waals surface area contributed by atoms with Gasteiger partial charge >= 0.3 is 5.63 Å². The Labute approximate surface area is 231 Å². The molecule has 0 fully saturated rings. The normalized spacial score (nSPS) is 10.6. The summed E-state index contributed by atoms with van der Waals surface area (Å²) in [7, 11) is -5.30. The Balaban J connectivity index is 0.000000253. The number of phosphoric ester groups is 1. The second-order valence-electron chi connectivity index (χ2n) is 7.73. The number of fused-ring (bicyclic) bond motifs is 2. The molecule has 0 radical (unpaired) electrons. The van der Waals surface area contributed by atoms with Gasteiger partial charge in [-0.3, -0.25) is 0 Å². The van der Waals surface area contributed by atoms with Crippen LogP contribution in [0.4, 0.5) is 0 Å². The number of aromatic amines is 2. The Hall–Kier alpha value is -4.85. The molecule has 200 valence electrons. The number of hydrogen-bond acceptors (Lipinski definition) is 9. The Morgan fingerprint density at radius 3 is 2.08 bits per heavy atom. The minimum absolute atomic E-state index is 0.0946. The molecule has 4 aromatic heterocycles. The summed E-state index contributed by atoms with van der Waals surface area (Å²) in [5.74, 6) is -0.481. The molecule has 0 unspecified atom stereocenters. The first kappa shape index (κ1) is 28.2. The van der Waals surface area contributed by atoms with E-state index in [9.17, 15) is 24.4 Å². The van der Waals surface area contributed by atoms with Crippen LogP contribution in [0.2, 0.25) is 5.02 Å². The quantitative estimate of drug-likeness (QED) is 0.225. The lowest BCUT2D eigenvalue weighted by Crippen LogP contribution is -2.18. The van der Waals surface area contributed by atoms with Gasteiger partial charge in [0.1, 0.15) is 36.3 Å². The zero-order valence-electron chi connectivity index (χ0n) is 20.3.